The van der Waals surface area contributed by atoms with Crippen molar-refractivity contribution in [2.75, 3.05) is 7.05 Å². The van der Waals surface area contributed by atoms with E-state index >= 15 is 0 Å². The van der Waals surface area contributed by atoms with Gasteiger partial charge in [0.1, 0.15) is 0 Å². The number of aromatic nitrogens is 1. The quantitative estimate of drug-likeness (QED) is 0.674. The fourth-order valence-corrected chi connectivity index (χ4v) is 2.21. The highest BCUT2D eigenvalue weighted by atomic mass is 16.1. The first kappa shape index (κ1) is 17.3. The molecule has 1 aromatic carbocycles. The highest BCUT2D eigenvalue weighted by Gasteiger charge is 2.12. The summed E-state index contributed by atoms with van der Waals surface area (Å²) in [4.78, 5) is 16.0. The van der Waals surface area contributed by atoms with Crippen molar-refractivity contribution in [3.63, 3.8) is 0 Å². The van der Waals surface area contributed by atoms with Crippen LogP contribution in [0.3, 0.4) is 0 Å². The Hall–Kier alpha value is -2.80. The molecule has 0 fully saturated rings. The number of benzene rings is 1. The van der Waals surface area contributed by atoms with Gasteiger partial charge in [-0.3, -0.25) is 9.78 Å². The second-order valence-corrected chi connectivity index (χ2v) is 4.77. The number of nitrogens with zero attached hydrogens (tertiary/aromatic N) is 1. The zero-order valence-electron chi connectivity index (χ0n) is 13.2. The summed E-state index contributed by atoms with van der Waals surface area (Å²) in [5.41, 5.74) is 9.76. The Morgan fingerprint density at radius 1 is 1.32 bits per heavy atom. The maximum Gasteiger partial charge on any atom is 0.224 e. The molecule has 0 radical (unpaired) electrons. The third-order valence-corrected chi connectivity index (χ3v) is 3.39. The molecule has 0 atom stereocenters. The van der Waals surface area contributed by atoms with Crippen molar-refractivity contribution in [3.8, 4) is 23.7 Å². The van der Waals surface area contributed by atoms with Crippen LogP contribution in [-0.4, -0.2) is 17.9 Å². The Morgan fingerprint density at radius 3 is 2.55 bits per heavy atom. The summed E-state index contributed by atoms with van der Waals surface area (Å²) in [6, 6.07) is 11.7. The van der Waals surface area contributed by atoms with Crippen LogP contribution in [0, 0.1) is 26.3 Å². The summed E-state index contributed by atoms with van der Waals surface area (Å²) >= 11 is 0. The Bertz CT molecular complexity index is 673. The molecule has 4 nitrogen and oxygen atoms in total. The first-order valence-electron chi connectivity index (χ1n) is 6.92. The number of terminal acetylenes is 1. The second kappa shape index (κ2) is 8.48. The maximum atomic E-state index is 11.6. The molecule has 114 valence electrons. The summed E-state index contributed by atoms with van der Waals surface area (Å²) in [5.74, 6) is 0.0318. The number of rotatable bonds is 3. The van der Waals surface area contributed by atoms with Crippen LogP contribution in [0.15, 0.2) is 36.5 Å². The molecular formula is C18H21N3O. The third kappa shape index (κ3) is 4.35. The van der Waals surface area contributed by atoms with Crippen LogP contribution < -0.4 is 11.1 Å². The molecule has 0 aliphatic carbocycles. The van der Waals surface area contributed by atoms with E-state index < -0.39 is 0 Å². The molecule has 2 aromatic rings. The average molecular weight is 295 g/mol. The minimum atomic E-state index is 0.0318. The lowest BCUT2D eigenvalue weighted by Crippen LogP contribution is -2.21. The predicted octanol–water partition coefficient (Wildman–Crippen LogP) is 2.19. The van der Waals surface area contributed by atoms with Gasteiger partial charge in [-0.05, 0) is 48.7 Å². The van der Waals surface area contributed by atoms with E-state index in [1.807, 2.05) is 25.1 Å². The van der Waals surface area contributed by atoms with Crippen LogP contribution in [-0.2, 0) is 11.2 Å². The Morgan fingerprint density at radius 2 is 2.00 bits per heavy atom. The SMILES string of the molecule is C#CN.CNC(=O)Cc1c(C)ccc(-c2ccccn2)c1C. The minimum Gasteiger partial charge on any atom is -0.360 e. The molecule has 0 saturated heterocycles. The molecule has 1 amide bonds. The number of hydrogen-bond acceptors (Lipinski definition) is 3. The second-order valence-electron chi connectivity index (χ2n) is 4.77. The standard InChI is InChI=1S/C16H18N2O.C2H3N/c1-11-7-8-13(15-6-4-5-9-18-15)12(2)14(11)10-16(19)17-3;1-2-3/h4-9H,10H2,1-3H3,(H,17,19);1H,3H2. The Balaban J connectivity index is 0.000000745. The van der Waals surface area contributed by atoms with E-state index in [0.717, 1.165) is 27.9 Å². The molecule has 0 bridgehead atoms. The Labute approximate surface area is 131 Å². The van der Waals surface area contributed by atoms with Crippen LogP contribution in [0.2, 0.25) is 0 Å². The Kier molecular flexibility index (Phi) is 6.65. The molecule has 0 aliphatic heterocycles. The number of hydrogen-bond donors (Lipinski definition) is 2. The highest BCUT2D eigenvalue weighted by molar-refractivity contribution is 5.80. The highest BCUT2D eigenvalue weighted by Crippen LogP contribution is 2.26. The molecular weight excluding hydrogens is 274 g/mol. The summed E-state index contributed by atoms with van der Waals surface area (Å²) in [6.07, 6.45) is 6.57. The van der Waals surface area contributed by atoms with Crippen molar-refractivity contribution in [3.05, 3.63) is 53.2 Å². The smallest absolute Gasteiger partial charge is 0.224 e. The number of nitrogens with two attached hydrogens (primary N) is 1. The molecule has 1 aromatic heterocycles. The van der Waals surface area contributed by atoms with Gasteiger partial charge in [-0.25, -0.2) is 0 Å². The lowest BCUT2D eigenvalue weighted by molar-refractivity contribution is -0.119. The number of pyridine rings is 1. The van der Waals surface area contributed by atoms with E-state index in [9.17, 15) is 4.79 Å². The number of likely N-dealkylation sites (N-methyl/N-ethyl adjacent to an activating group) is 1. The largest absolute Gasteiger partial charge is 0.360 e. The van der Waals surface area contributed by atoms with Crippen molar-refractivity contribution in [1.29, 1.82) is 0 Å². The lowest BCUT2D eigenvalue weighted by Gasteiger charge is -2.13. The van der Waals surface area contributed by atoms with Gasteiger partial charge in [0, 0.05) is 18.8 Å². The van der Waals surface area contributed by atoms with Gasteiger partial charge in [-0.1, -0.05) is 24.6 Å². The zero-order valence-corrected chi connectivity index (χ0v) is 13.2. The fourth-order valence-electron chi connectivity index (χ4n) is 2.21. The minimum absolute atomic E-state index is 0.0318. The lowest BCUT2D eigenvalue weighted by atomic mass is 9.93. The number of nitrogens with one attached hydrogen (secondary N) is 1. The molecule has 3 N–H and O–H groups in total. The summed E-state index contributed by atoms with van der Waals surface area (Å²) < 4.78 is 0. The van der Waals surface area contributed by atoms with Crippen LogP contribution in [0.1, 0.15) is 16.7 Å². The molecule has 22 heavy (non-hydrogen) atoms. The normalized spacial score (nSPS) is 9.18. The zero-order chi connectivity index (χ0) is 16.5. The van der Waals surface area contributed by atoms with Gasteiger partial charge in [0.25, 0.3) is 0 Å². The van der Waals surface area contributed by atoms with Crippen LogP contribution in [0.25, 0.3) is 11.3 Å². The fraction of sp³-hybridized carbons (Fsp3) is 0.222. The molecule has 0 saturated carbocycles. The maximum absolute atomic E-state index is 11.6. The molecule has 0 unspecified atom stereocenters. The first-order chi connectivity index (χ1) is 10.5. The molecule has 4 heteroatoms. The van der Waals surface area contributed by atoms with Crippen molar-refractivity contribution in [2.24, 2.45) is 5.73 Å². The van der Waals surface area contributed by atoms with Crippen molar-refractivity contribution in [1.82, 2.24) is 10.3 Å². The third-order valence-electron chi connectivity index (χ3n) is 3.39. The van der Waals surface area contributed by atoms with Crippen molar-refractivity contribution < 1.29 is 4.79 Å². The number of carbonyl (C=O) groups is 1. The van der Waals surface area contributed by atoms with Crippen LogP contribution in [0.5, 0.6) is 0 Å². The van der Waals surface area contributed by atoms with Gasteiger partial charge in [0.2, 0.25) is 5.91 Å². The van der Waals surface area contributed by atoms with E-state index in [1.54, 1.807) is 19.3 Å². The van der Waals surface area contributed by atoms with Gasteiger partial charge in [-0.15, -0.1) is 0 Å². The first-order valence-corrected chi connectivity index (χ1v) is 6.92. The number of amides is 1. The summed E-state index contributed by atoms with van der Waals surface area (Å²) in [5, 5.41) is 2.67. The topological polar surface area (TPSA) is 68.0 Å². The van der Waals surface area contributed by atoms with E-state index in [1.165, 1.54) is 0 Å². The van der Waals surface area contributed by atoms with Gasteiger partial charge < -0.3 is 11.1 Å². The van der Waals surface area contributed by atoms with E-state index in [4.69, 9.17) is 0 Å². The van der Waals surface area contributed by atoms with Crippen LogP contribution >= 0.6 is 0 Å². The van der Waals surface area contributed by atoms with Gasteiger partial charge >= 0.3 is 0 Å². The molecule has 1 heterocycles. The monoisotopic (exact) mass is 295 g/mol. The average Bonchev–Trinajstić information content (AvgIpc) is 2.53. The number of carbonyl (C=O) groups excluding carboxylic acids is 1. The molecule has 0 aliphatic rings. The van der Waals surface area contributed by atoms with Crippen molar-refractivity contribution >= 4 is 5.91 Å². The summed E-state index contributed by atoms with van der Waals surface area (Å²) in [7, 11) is 1.66. The van der Waals surface area contributed by atoms with E-state index in [-0.39, 0.29) is 5.91 Å². The van der Waals surface area contributed by atoms with E-state index in [2.05, 4.69) is 41.5 Å². The van der Waals surface area contributed by atoms with E-state index in [0.29, 0.717) is 6.42 Å². The molecule has 2 rings (SSSR count). The van der Waals surface area contributed by atoms with Gasteiger partial charge in [0.15, 0.2) is 0 Å². The van der Waals surface area contributed by atoms with Gasteiger partial charge in [0.05, 0.1) is 12.1 Å². The molecule has 0 spiro atoms. The van der Waals surface area contributed by atoms with Crippen LogP contribution in [0.4, 0.5) is 0 Å². The van der Waals surface area contributed by atoms with Crippen molar-refractivity contribution in [2.45, 2.75) is 20.3 Å². The number of aryl methyl sites for hydroxylation is 1. The van der Waals surface area contributed by atoms with Gasteiger partial charge in [-0.2, -0.15) is 0 Å². The summed E-state index contributed by atoms with van der Waals surface area (Å²) in [6.45, 7) is 4.09. The predicted molar refractivity (Wildman–Crippen MR) is 89.9 cm³/mol.